The van der Waals surface area contributed by atoms with Gasteiger partial charge in [0.15, 0.2) is 5.17 Å². The number of allylic oxidation sites excluding steroid dienone is 2. The van der Waals surface area contributed by atoms with E-state index in [0.29, 0.717) is 10.9 Å². The van der Waals surface area contributed by atoms with Crippen LogP contribution in [0.5, 0.6) is 0 Å². The number of amidine groups is 1. The molecule has 6 nitrogen and oxygen atoms in total. The van der Waals surface area contributed by atoms with Gasteiger partial charge in [-0.2, -0.15) is 5.10 Å². The summed E-state index contributed by atoms with van der Waals surface area (Å²) < 4.78 is 12.9. The van der Waals surface area contributed by atoms with E-state index in [4.69, 9.17) is 0 Å². The minimum absolute atomic E-state index is 0.00445. The molecule has 3 rings (SSSR count). The second-order valence-electron chi connectivity index (χ2n) is 7.86. The first-order valence-electron chi connectivity index (χ1n) is 9.05. The lowest BCUT2D eigenvalue weighted by Gasteiger charge is -2.28. The van der Waals surface area contributed by atoms with E-state index in [0.717, 1.165) is 18.6 Å². The van der Waals surface area contributed by atoms with Crippen molar-refractivity contribution in [2.45, 2.75) is 45.3 Å². The number of carbonyl (C=O) groups excluding carboxylic acids is 2. The van der Waals surface area contributed by atoms with Crippen LogP contribution in [0, 0.1) is 11.2 Å². The van der Waals surface area contributed by atoms with Gasteiger partial charge in [0.1, 0.15) is 11.1 Å². The molecule has 2 aliphatic rings. The van der Waals surface area contributed by atoms with Crippen LogP contribution < -0.4 is 10.6 Å². The number of hydrogen-bond donors (Lipinski definition) is 2. The van der Waals surface area contributed by atoms with E-state index >= 15 is 0 Å². The van der Waals surface area contributed by atoms with Gasteiger partial charge in [0.2, 0.25) is 11.8 Å². The van der Waals surface area contributed by atoms with E-state index in [1.165, 1.54) is 41.6 Å². The molecule has 0 radical (unpaired) electrons. The molecule has 1 atom stereocenters. The molecule has 2 amide bonds. The van der Waals surface area contributed by atoms with Gasteiger partial charge in [-0.25, -0.2) is 4.39 Å². The number of carbonyl (C=O) groups is 2. The fourth-order valence-electron chi connectivity index (χ4n) is 3.37. The van der Waals surface area contributed by atoms with Gasteiger partial charge in [0.25, 0.3) is 0 Å². The van der Waals surface area contributed by atoms with E-state index in [9.17, 15) is 14.0 Å². The van der Waals surface area contributed by atoms with Gasteiger partial charge in [0.05, 0.1) is 5.71 Å². The summed E-state index contributed by atoms with van der Waals surface area (Å²) in [5, 5.41) is 13.6. The molecule has 28 heavy (non-hydrogen) atoms. The summed E-state index contributed by atoms with van der Waals surface area (Å²) in [7, 11) is 0. The lowest BCUT2D eigenvalue weighted by Crippen LogP contribution is -2.28. The summed E-state index contributed by atoms with van der Waals surface area (Å²) >= 11 is 1.19. The van der Waals surface area contributed by atoms with Crippen molar-refractivity contribution in [1.29, 1.82) is 0 Å². The summed E-state index contributed by atoms with van der Waals surface area (Å²) in [6.45, 7) is 6.45. The van der Waals surface area contributed by atoms with Gasteiger partial charge in [0, 0.05) is 12.1 Å². The maximum absolute atomic E-state index is 12.9. The third-order valence-corrected chi connectivity index (χ3v) is 5.45. The summed E-state index contributed by atoms with van der Waals surface area (Å²) in [4.78, 5) is 24.3. The number of benzene rings is 1. The van der Waals surface area contributed by atoms with Gasteiger partial charge in [-0.3, -0.25) is 9.59 Å². The predicted octanol–water partition coefficient (Wildman–Crippen LogP) is 3.86. The van der Waals surface area contributed by atoms with Crippen molar-refractivity contribution in [3.63, 3.8) is 0 Å². The number of nitrogens with zero attached hydrogens (tertiary/aromatic N) is 2. The standard InChI is InChI=1S/C20H23FN4O2S/c1-12-8-15(11-20(2,3)10-12)24-25-19-23-18(27)16(28-19)9-17(26)22-14-6-4-13(21)5-7-14/h4-8,16H,9-11H2,1-3H3,(H,22,26)(H,23,25,27)/b24-15-/t16-/m0/s1. The Morgan fingerprint density at radius 2 is 2.00 bits per heavy atom. The van der Waals surface area contributed by atoms with E-state index < -0.39 is 5.25 Å². The lowest BCUT2D eigenvalue weighted by molar-refractivity contribution is -0.122. The fraction of sp³-hybridized carbons (Fsp3) is 0.400. The highest BCUT2D eigenvalue weighted by Crippen LogP contribution is 2.34. The molecule has 1 aromatic carbocycles. The van der Waals surface area contributed by atoms with Gasteiger partial charge in [-0.1, -0.05) is 31.2 Å². The summed E-state index contributed by atoms with van der Waals surface area (Å²) in [6.07, 6.45) is 3.88. The Bertz CT molecular complexity index is 875. The van der Waals surface area contributed by atoms with Crippen LogP contribution in [0.3, 0.4) is 0 Å². The summed E-state index contributed by atoms with van der Waals surface area (Å²) in [5.41, 5.74) is 2.77. The van der Waals surface area contributed by atoms with Gasteiger partial charge in [-0.05, 0) is 55.5 Å². The maximum Gasteiger partial charge on any atom is 0.240 e. The molecule has 1 heterocycles. The molecule has 8 heteroatoms. The third kappa shape index (κ3) is 5.51. The number of halogens is 1. The normalized spacial score (nSPS) is 24.2. The average Bonchev–Trinajstić information content (AvgIpc) is 2.93. The maximum atomic E-state index is 12.9. The monoisotopic (exact) mass is 402 g/mol. The Morgan fingerprint density at radius 3 is 2.68 bits per heavy atom. The third-order valence-electron chi connectivity index (χ3n) is 4.37. The largest absolute Gasteiger partial charge is 0.326 e. The highest BCUT2D eigenvalue weighted by molar-refractivity contribution is 8.15. The van der Waals surface area contributed by atoms with Crippen LogP contribution in [0.2, 0.25) is 0 Å². The van der Waals surface area contributed by atoms with Crippen molar-refractivity contribution >= 4 is 40.1 Å². The number of rotatable bonds is 4. The van der Waals surface area contributed by atoms with Crippen LogP contribution in [0.1, 0.15) is 40.0 Å². The molecular weight excluding hydrogens is 379 g/mol. The zero-order chi connectivity index (χ0) is 20.3. The number of anilines is 1. The van der Waals surface area contributed by atoms with Crippen molar-refractivity contribution in [2.24, 2.45) is 15.6 Å². The Morgan fingerprint density at radius 1 is 1.29 bits per heavy atom. The van der Waals surface area contributed by atoms with Crippen LogP contribution in [0.25, 0.3) is 0 Å². The Hall–Kier alpha value is -2.48. The number of nitrogens with one attached hydrogen (secondary N) is 2. The second-order valence-corrected chi connectivity index (χ2v) is 9.05. The van der Waals surface area contributed by atoms with Gasteiger partial charge >= 0.3 is 0 Å². The molecular formula is C20H23FN4O2S. The van der Waals surface area contributed by atoms with Crippen LogP contribution in [0.15, 0.2) is 46.1 Å². The van der Waals surface area contributed by atoms with Crippen molar-refractivity contribution in [3.8, 4) is 0 Å². The van der Waals surface area contributed by atoms with Gasteiger partial charge in [-0.15, -0.1) is 5.10 Å². The highest BCUT2D eigenvalue weighted by Gasteiger charge is 2.32. The first-order chi connectivity index (χ1) is 13.2. The Balaban J connectivity index is 1.59. The smallest absolute Gasteiger partial charge is 0.240 e. The molecule has 1 aliphatic carbocycles. The molecule has 1 aliphatic heterocycles. The number of thioether (sulfide) groups is 1. The van der Waals surface area contributed by atoms with Crippen LogP contribution in [-0.4, -0.2) is 27.9 Å². The fourth-order valence-corrected chi connectivity index (χ4v) is 4.29. The zero-order valence-electron chi connectivity index (χ0n) is 16.1. The quantitative estimate of drug-likeness (QED) is 0.750. The molecule has 0 bridgehead atoms. The summed E-state index contributed by atoms with van der Waals surface area (Å²) in [6, 6.07) is 5.47. The summed E-state index contributed by atoms with van der Waals surface area (Å²) in [5.74, 6) is -0.967. The van der Waals surface area contributed by atoms with Crippen molar-refractivity contribution in [2.75, 3.05) is 5.32 Å². The molecule has 0 aromatic heterocycles. The molecule has 148 valence electrons. The topological polar surface area (TPSA) is 82.9 Å². The molecule has 0 saturated carbocycles. The minimum atomic E-state index is -0.570. The minimum Gasteiger partial charge on any atom is -0.326 e. The second kappa shape index (κ2) is 8.26. The first-order valence-corrected chi connectivity index (χ1v) is 9.93. The van der Waals surface area contributed by atoms with Crippen molar-refractivity contribution < 1.29 is 14.0 Å². The predicted molar refractivity (Wildman–Crippen MR) is 111 cm³/mol. The Kier molecular flexibility index (Phi) is 5.98. The molecule has 0 unspecified atom stereocenters. The molecule has 1 saturated heterocycles. The van der Waals surface area contributed by atoms with Crippen molar-refractivity contribution in [1.82, 2.24) is 5.32 Å². The molecule has 0 spiro atoms. The van der Waals surface area contributed by atoms with E-state index in [2.05, 4.69) is 41.6 Å². The van der Waals surface area contributed by atoms with Crippen LogP contribution in [-0.2, 0) is 9.59 Å². The van der Waals surface area contributed by atoms with Crippen LogP contribution in [0.4, 0.5) is 10.1 Å². The van der Waals surface area contributed by atoms with E-state index in [1.54, 1.807) is 0 Å². The SMILES string of the molecule is CC1=C/C(=N/N=C2\NC(=O)[C@H](CC(=O)Nc3ccc(F)cc3)S2)CC(C)(C)C1. The molecule has 1 fully saturated rings. The Labute approximate surface area is 167 Å². The van der Waals surface area contributed by atoms with E-state index in [1.807, 2.05) is 6.08 Å². The number of amides is 2. The van der Waals surface area contributed by atoms with Gasteiger partial charge < -0.3 is 10.6 Å². The van der Waals surface area contributed by atoms with E-state index in [-0.39, 0.29) is 29.5 Å². The molecule has 1 aromatic rings. The van der Waals surface area contributed by atoms with Crippen molar-refractivity contribution in [3.05, 3.63) is 41.7 Å². The number of hydrogen-bond acceptors (Lipinski definition) is 5. The molecule has 2 N–H and O–H groups in total. The highest BCUT2D eigenvalue weighted by atomic mass is 32.2. The van der Waals surface area contributed by atoms with Crippen LogP contribution >= 0.6 is 11.8 Å². The zero-order valence-corrected chi connectivity index (χ0v) is 16.9. The first kappa shape index (κ1) is 20.3. The lowest BCUT2D eigenvalue weighted by atomic mass is 9.77. The average molecular weight is 402 g/mol.